The number of rotatable bonds is 2. The van der Waals surface area contributed by atoms with Crippen molar-refractivity contribution in [1.29, 1.82) is 0 Å². The summed E-state index contributed by atoms with van der Waals surface area (Å²) in [5.41, 5.74) is 2.07. The van der Waals surface area contributed by atoms with Crippen LogP contribution in [-0.2, 0) is 4.74 Å². The zero-order valence-corrected chi connectivity index (χ0v) is 9.41. The summed E-state index contributed by atoms with van der Waals surface area (Å²) in [6.45, 7) is 0. The highest BCUT2D eigenvalue weighted by Crippen LogP contribution is 2.26. The van der Waals surface area contributed by atoms with Gasteiger partial charge in [0, 0.05) is 16.3 Å². The van der Waals surface area contributed by atoms with Crippen molar-refractivity contribution in [2.75, 3.05) is 7.11 Å². The van der Waals surface area contributed by atoms with E-state index in [4.69, 9.17) is 11.6 Å². The van der Waals surface area contributed by atoms with E-state index in [-0.39, 0.29) is 0 Å². The maximum absolute atomic E-state index is 11.3. The fourth-order valence-corrected chi connectivity index (χ4v) is 1.70. The summed E-state index contributed by atoms with van der Waals surface area (Å²) in [4.78, 5) is 14.2. The number of carbonyl (C=O) groups is 1. The summed E-state index contributed by atoms with van der Waals surface area (Å²) in [5.74, 6) is -0.390. The Bertz CT molecular complexity index is 519. The first-order valence-corrected chi connectivity index (χ1v) is 5.12. The van der Waals surface area contributed by atoms with Gasteiger partial charge in [-0.2, -0.15) is 0 Å². The number of aromatic nitrogens is 1. The summed E-state index contributed by atoms with van der Waals surface area (Å²) in [6, 6.07) is 10.9. The van der Waals surface area contributed by atoms with Crippen molar-refractivity contribution in [3.8, 4) is 11.3 Å². The molecule has 0 aliphatic heterocycles. The molecule has 4 heteroatoms. The third-order valence-electron chi connectivity index (χ3n) is 2.26. The van der Waals surface area contributed by atoms with E-state index < -0.39 is 5.97 Å². The molecule has 0 aliphatic rings. The quantitative estimate of drug-likeness (QED) is 0.813. The lowest BCUT2D eigenvalue weighted by molar-refractivity contribution is 0.0595. The molecule has 0 saturated carbocycles. The SMILES string of the molecule is COC(=O)c1ccc(-c2ccccc2Cl)[nH]1. The van der Waals surface area contributed by atoms with Crippen molar-refractivity contribution < 1.29 is 9.53 Å². The molecule has 0 bridgehead atoms. The second-order valence-electron chi connectivity index (χ2n) is 3.26. The van der Waals surface area contributed by atoms with Crippen LogP contribution >= 0.6 is 11.6 Å². The average Bonchev–Trinajstić information content (AvgIpc) is 2.78. The van der Waals surface area contributed by atoms with Gasteiger partial charge in [0.25, 0.3) is 0 Å². The minimum Gasteiger partial charge on any atom is -0.464 e. The van der Waals surface area contributed by atoms with Crippen LogP contribution in [0.2, 0.25) is 5.02 Å². The first-order valence-electron chi connectivity index (χ1n) is 4.74. The zero-order chi connectivity index (χ0) is 11.5. The lowest BCUT2D eigenvalue weighted by Gasteiger charge is -2.00. The molecule has 1 aromatic carbocycles. The summed E-state index contributed by atoms with van der Waals surface area (Å²) in [7, 11) is 1.35. The van der Waals surface area contributed by atoms with Crippen LogP contribution in [0.5, 0.6) is 0 Å². The molecule has 0 amide bonds. The first-order chi connectivity index (χ1) is 7.72. The van der Waals surface area contributed by atoms with Crippen molar-refractivity contribution in [3.63, 3.8) is 0 Å². The maximum Gasteiger partial charge on any atom is 0.354 e. The lowest BCUT2D eigenvalue weighted by Crippen LogP contribution is -2.00. The second-order valence-corrected chi connectivity index (χ2v) is 3.66. The van der Waals surface area contributed by atoms with Crippen molar-refractivity contribution >= 4 is 17.6 Å². The van der Waals surface area contributed by atoms with Crippen LogP contribution in [0, 0.1) is 0 Å². The number of hydrogen-bond donors (Lipinski definition) is 1. The third kappa shape index (κ3) is 1.95. The van der Waals surface area contributed by atoms with Crippen molar-refractivity contribution in [2.45, 2.75) is 0 Å². The molecule has 0 unspecified atom stereocenters. The third-order valence-corrected chi connectivity index (χ3v) is 2.58. The van der Waals surface area contributed by atoms with E-state index in [0.29, 0.717) is 10.7 Å². The normalized spacial score (nSPS) is 10.1. The second kappa shape index (κ2) is 4.41. The molecule has 1 aromatic heterocycles. The minimum absolute atomic E-state index is 0.390. The van der Waals surface area contributed by atoms with Crippen LogP contribution in [0.15, 0.2) is 36.4 Å². The number of nitrogens with one attached hydrogen (secondary N) is 1. The number of ether oxygens (including phenoxy) is 1. The van der Waals surface area contributed by atoms with Gasteiger partial charge < -0.3 is 9.72 Å². The van der Waals surface area contributed by atoms with E-state index in [2.05, 4.69) is 9.72 Å². The van der Waals surface area contributed by atoms with Gasteiger partial charge in [-0.15, -0.1) is 0 Å². The number of benzene rings is 1. The Kier molecular flexibility index (Phi) is 2.97. The van der Waals surface area contributed by atoms with Crippen LogP contribution in [0.1, 0.15) is 10.5 Å². The number of methoxy groups -OCH3 is 1. The molecule has 0 aliphatic carbocycles. The fraction of sp³-hybridized carbons (Fsp3) is 0.0833. The monoisotopic (exact) mass is 235 g/mol. The van der Waals surface area contributed by atoms with Gasteiger partial charge in [0.15, 0.2) is 0 Å². The van der Waals surface area contributed by atoms with Crippen LogP contribution in [0.3, 0.4) is 0 Å². The molecule has 82 valence electrons. The average molecular weight is 236 g/mol. The Morgan fingerprint density at radius 3 is 2.69 bits per heavy atom. The van der Waals surface area contributed by atoms with Crippen molar-refractivity contribution in [1.82, 2.24) is 4.98 Å². The van der Waals surface area contributed by atoms with E-state index in [9.17, 15) is 4.79 Å². The number of carbonyl (C=O) groups excluding carboxylic acids is 1. The predicted octanol–water partition coefficient (Wildman–Crippen LogP) is 3.12. The number of esters is 1. The molecule has 0 fully saturated rings. The van der Waals surface area contributed by atoms with Crippen LogP contribution < -0.4 is 0 Å². The largest absolute Gasteiger partial charge is 0.464 e. The van der Waals surface area contributed by atoms with Gasteiger partial charge in [0.1, 0.15) is 5.69 Å². The Morgan fingerprint density at radius 2 is 2.00 bits per heavy atom. The molecule has 2 rings (SSSR count). The molecular formula is C12H10ClNO2. The van der Waals surface area contributed by atoms with E-state index >= 15 is 0 Å². The van der Waals surface area contributed by atoms with E-state index in [1.807, 2.05) is 18.2 Å². The fourth-order valence-electron chi connectivity index (χ4n) is 1.46. The summed E-state index contributed by atoms with van der Waals surface area (Å²) in [5, 5.41) is 0.640. The Hall–Kier alpha value is -1.74. The number of halogens is 1. The van der Waals surface area contributed by atoms with Crippen LogP contribution in [0.4, 0.5) is 0 Å². The predicted molar refractivity (Wildman–Crippen MR) is 62.6 cm³/mol. The summed E-state index contributed by atoms with van der Waals surface area (Å²) < 4.78 is 4.61. The van der Waals surface area contributed by atoms with Gasteiger partial charge in [0.05, 0.1) is 7.11 Å². The van der Waals surface area contributed by atoms with Gasteiger partial charge in [-0.3, -0.25) is 0 Å². The summed E-state index contributed by atoms with van der Waals surface area (Å²) in [6.07, 6.45) is 0. The van der Waals surface area contributed by atoms with E-state index in [0.717, 1.165) is 11.3 Å². The number of hydrogen-bond acceptors (Lipinski definition) is 2. The highest BCUT2D eigenvalue weighted by Gasteiger charge is 2.10. The molecule has 16 heavy (non-hydrogen) atoms. The molecule has 3 nitrogen and oxygen atoms in total. The van der Waals surface area contributed by atoms with Gasteiger partial charge in [-0.1, -0.05) is 29.8 Å². The molecule has 0 spiro atoms. The van der Waals surface area contributed by atoms with Crippen LogP contribution in [0.25, 0.3) is 11.3 Å². The zero-order valence-electron chi connectivity index (χ0n) is 8.66. The standard InChI is InChI=1S/C12H10ClNO2/c1-16-12(15)11-7-6-10(14-11)8-4-2-3-5-9(8)13/h2-7,14H,1H3. The molecule has 0 atom stereocenters. The van der Waals surface area contributed by atoms with Crippen molar-refractivity contribution in [2.24, 2.45) is 0 Å². The molecule has 2 aromatic rings. The Morgan fingerprint density at radius 1 is 1.25 bits per heavy atom. The molecular weight excluding hydrogens is 226 g/mol. The highest BCUT2D eigenvalue weighted by molar-refractivity contribution is 6.33. The number of H-pyrrole nitrogens is 1. The topological polar surface area (TPSA) is 42.1 Å². The Balaban J connectivity index is 2.39. The van der Waals surface area contributed by atoms with Gasteiger partial charge in [-0.25, -0.2) is 4.79 Å². The Labute approximate surface area is 98.0 Å². The molecule has 1 heterocycles. The van der Waals surface area contributed by atoms with E-state index in [1.165, 1.54) is 7.11 Å². The first kappa shape index (κ1) is 10.8. The van der Waals surface area contributed by atoms with Gasteiger partial charge >= 0.3 is 5.97 Å². The van der Waals surface area contributed by atoms with Crippen LogP contribution in [-0.4, -0.2) is 18.1 Å². The maximum atomic E-state index is 11.3. The lowest BCUT2D eigenvalue weighted by atomic mass is 10.2. The smallest absolute Gasteiger partial charge is 0.354 e. The van der Waals surface area contributed by atoms with Gasteiger partial charge in [-0.05, 0) is 18.2 Å². The number of aromatic amines is 1. The summed E-state index contributed by atoms with van der Waals surface area (Å²) >= 11 is 6.05. The van der Waals surface area contributed by atoms with Gasteiger partial charge in [0.2, 0.25) is 0 Å². The highest BCUT2D eigenvalue weighted by atomic mass is 35.5. The van der Waals surface area contributed by atoms with Crippen molar-refractivity contribution in [3.05, 3.63) is 47.1 Å². The van der Waals surface area contributed by atoms with E-state index in [1.54, 1.807) is 18.2 Å². The minimum atomic E-state index is -0.390. The molecule has 0 radical (unpaired) electrons. The molecule has 0 saturated heterocycles. The molecule has 1 N–H and O–H groups in total.